The van der Waals surface area contributed by atoms with Gasteiger partial charge in [-0.3, -0.25) is 4.79 Å². The number of hydrogen-bond donors (Lipinski definition) is 2. The number of nitrogens with one attached hydrogen (secondary N) is 2. The molecule has 3 rings (SSSR count). The summed E-state index contributed by atoms with van der Waals surface area (Å²) in [6, 6.07) is 1.00. The van der Waals surface area contributed by atoms with E-state index in [9.17, 15) is 4.79 Å². The fraction of sp³-hybridized carbons (Fsp3) is 0.667. The monoisotopic (exact) mass is 251 g/mol. The Labute approximate surface area is 105 Å². The topological polar surface area (TPSA) is 54.0 Å². The van der Waals surface area contributed by atoms with Crippen LogP contribution in [0.3, 0.4) is 0 Å². The number of carbonyl (C=O) groups excluding carboxylic acids is 1. The van der Waals surface area contributed by atoms with Gasteiger partial charge in [0, 0.05) is 17.0 Å². The van der Waals surface area contributed by atoms with Gasteiger partial charge in [-0.15, -0.1) is 11.3 Å². The van der Waals surface area contributed by atoms with Crippen LogP contribution in [0.4, 0.5) is 0 Å². The van der Waals surface area contributed by atoms with Crippen LogP contribution in [-0.2, 0) is 11.3 Å². The zero-order chi connectivity index (χ0) is 11.8. The van der Waals surface area contributed by atoms with Crippen LogP contribution in [0.2, 0.25) is 0 Å². The summed E-state index contributed by atoms with van der Waals surface area (Å²) in [5, 5.41) is 6.54. The average molecular weight is 251 g/mol. The maximum atomic E-state index is 12.1. The van der Waals surface area contributed by atoms with Crippen molar-refractivity contribution in [3.8, 4) is 0 Å². The number of hydrogen-bond acceptors (Lipinski definition) is 4. The van der Waals surface area contributed by atoms with E-state index < -0.39 is 0 Å². The second-order valence-corrected chi connectivity index (χ2v) is 5.91. The molecule has 0 aromatic carbocycles. The van der Waals surface area contributed by atoms with Gasteiger partial charge in [-0.1, -0.05) is 0 Å². The number of rotatable bonds is 3. The average Bonchev–Trinajstić information content (AvgIpc) is 3.01. The maximum absolute atomic E-state index is 12.1. The van der Waals surface area contributed by atoms with Crippen molar-refractivity contribution in [1.82, 2.24) is 15.6 Å². The fourth-order valence-corrected chi connectivity index (χ4v) is 3.63. The number of nitrogens with zero attached hydrogens (tertiary/aromatic N) is 1. The van der Waals surface area contributed by atoms with Gasteiger partial charge in [-0.2, -0.15) is 0 Å². The third-order valence-corrected chi connectivity index (χ3v) is 4.84. The lowest BCUT2D eigenvalue weighted by Crippen LogP contribution is -2.37. The Bertz CT molecular complexity index is 431. The van der Waals surface area contributed by atoms with E-state index in [1.165, 1.54) is 6.42 Å². The van der Waals surface area contributed by atoms with Gasteiger partial charge < -0.3 is 10.6 Å². The molecule has 17 heavy (non-hydrogen) atoms. The van der Waals surface area contributed by atoms with E-state index in [1.54, 1.807) is 11.3 Å². The first-order chi connectivity index (χ1) is 8.24. The van der Waals surface area contributed by atoms with E-state index in [2.05, 4.69) is 15.6 Å². The summed E-state index contributed by atoms with van der Waals surface area (Å²) < 4.78 is 0. The van der Waals surface area contributed by atoms with Crippen molar-refractivity contribution >= 4 is 17.2 Å². The molecule has 3 unspecified atom stereocenters. The van der Waals surface area contributed by atoms with Crippen LogP contribution >= 0.6 is 11.3 Å². The highest BCUT2D eigenvalue weighted by Gasteiger charge is 2.42. The first-order valence-corrected chi connectivity index (χ1v) is 7.04. The number of amides is 1. The van der Waals surface area contributed by atoms with Crippen LogP contribution in [-0.4, -0.2) is 23.0 Å². The third-order valence-electron chi connectivity index (χ3n) is 3.90. The Kier molecular flexibility index (Phi) is 2.88. The highest BCUT2D eigenvalue weighted by atomic mass is 32.1. The van der Waals surface area contributed by atoms with Crippen LogP contribution in [0.1, 0.15) is 29.8 Å². The van der Waals surface area contributed by atoms with E-state index in [1.807, 2.05) is 12.4 Å². The summed E-state index contributed by atoms with van der Waals surface area (Å²) in [6.07, 6.45) is 3.41. The molecule has 0 spiro atoms. The van der Waals surface area contributed by atoms with Gasteiger partial charge >= 0.3 is 0 Å². The quantitative estimate of drug-likeness (QED) is 0.849. The molecule has 2 bridgehead atoms. The first kappa shape index (κ1) is 11.2. The molecule has 92 valence electrons. The van der Waals surface area contributed by atoms with Crippen molar-refractivity contribution in [1.29, 1.82) is 0 Å². The number of aromatic nitrogens is 1. The van der Waals surface area contributed by atoms with Crippen molar-refractivity contribution in [2.75, 3.05) is 0 Å². The van der Waals surface area contributed by atoms with Gasteiger partial charge in [0.25, 0.3) is 0 Å². The largest absolute Gasteiger partial charge is 0.351 e. The molecule has 0 radical (unpaired) electrons. The van der Waals surface area contributed by atoms with E-state index in [0.717, 1.165) is 23.4 Å². The molecule has 2 N–H and O–H groups in total. The normalized spacial score (nSPS) is 30.8. The van der Waals surface area contributed by atoms with Crippen molar-refractivity contribution < 1.29 is 4.79 Å². The molecule has 2 fully saturated rings. The molecular formula is C12H17N3OS. The molecule has 4 nitrogen and oxygen atoms in total. The molecule has 1 aromatic heterocycles. The summed E-state index contributed by atoms with van der Waals surface area (Å²) >= 11 is 1.61. The number of thiazole rings is 1. The molecular weight excluding hydrogens is 234 g/mol. The van der Waals surface area contributed by atoms with Crippen molar-refractivity contribution in [3.05, 3.63) is 16.1 Å². The van der Waals surface area contributed by atoms with Crippen LogP contribution in [0.5, 0.6) is 0 Å². The Balaban J connectivity index is 1.56. The molecule has 3 atom stereocenters. The van der Waals surface area contributed by atoms with E-state index in [4.69, 9.17) is 0 Å². The molecule has 0 saturated carbocycles. The van der Waals surface area contributed by atoms with Gasteiger partial charge in [0.15, 0.2) is 0 Å². The van der Waals surface area contributed by atoms with Gasteiger partial charge in [0.1, 0.15) is 0 Å². The molecule has 2 saturated heterocycles. The Morgan fingerprint density at radius 1 is 1.65 bits per heavy atom. The van der Waals surface area contributed by atoms with Crippen molar-refractivity contribution in [2.45, 2.75) is 44.8 Å². The Hall–Kier alpha value is -0.940. The number of carbonyl (C=O) groups is 1. The first-order valence-electron chi connectivity index (χ1n) is 6.17. The van der Waals surface area contributed by atoms with Crippen LogP contribution in [0, 0.1) is 12.8 Å². The summed E-state index contributed by atoms with van der Waals surface area (Å²) in [4.78, 5) is 17.4. The molecule has 1 amide bonds. The van der Waals surface area contributed by atoms with Gasteiger partial charge in [-0.25, -0.2) is 4.98 Å². The number of aryl methyl sites for hydroxylation is 1. The summed E-state index contributed by atoms with van der Waals surface area (Å²) in [5.74, 6) is 0.388. The van der Waals surface area contributed by atoms with Gasteiger partial charge in [0.2, 0.25) is 5.91 Å². The lowest BCUT2D eigenvalue weighted by atomic mass is 9.88. The highest BCUT2D eigenvalue weighted by Crippen LogP contribution is 2.33. The van der Waals surface area contributed by atoms with E-state index >= 15 is 0 Å². The zero-order valence-corrected chi connectivity index (χ0v) is 10.7. The zero-order valence-electron chi connectivity index (χ0n) is 9.90. The second kappa shape index (κ2) is 4.38. The summed E-state index contributed by atoms with van der Waals surface area (Å²) in [5.41, 5.74) is 2.86. The minimum atomic E-state index is 0.182. The van der Waals surface area contributed by atoms with Crippen LogP contribution in [0.25, 0.3) is 0 Å². The molecule has 5 heteroatoms. The van der Waals surface area contributed by atoms with Gasteiger partial charge in [0.05, 0.1) is 23.7 Å². The molecule has 2 aliphatic heterocycles. The van der Waals surface area contributed by atoms with Crippen LogP contribution < -0.4 is 10.6 Å². The third kappa shape index (κ3) is 2.09. The molecule has 3 heterocycles. The second-order valence-electron chi connectivity index (χ2n) is 4.97. The molecule has 1 aromatic rings. The van der Waals surface area contributed by atoms with E-state index in [-0.39, 0.29) is 11.8 Å². The minimum Gasteiger partial charge on any atom is -0.351 e. The fourth-order valence-electron chi connectivity index (χ4n) is 2.91. The van der Waals surface area contributed by atoms with Crippen LogP contribution in [0.15, 0.2) is 5.51 Å². The SMILES string of the molecule is Cc1ncsc1CNC(=O)C1CC2CCC1N2. The summed E-state index contributed by atoms with van der Waals surface area (Å²) in [6.45, 7) is 2.61. The summed E-state index contributed by atoms with van der Waals surface area (Å²) in [7, 11) is 0. The lowest BCUT2D eigenvalue weighted by molar-refractivity contribution is -0.125. The number of fused-ring (bicyclic) bond motifs is 2. The highest BCUT2D eigenvalue weighted by molar-refractivity contribution is 7.09. The minimum absolute atomic E-state index is 0.182. The van der Waals surface area contributed by atoms with Gasteiger partial charge in [-0.05, 0) is 26.2 Å². The van der Waals surface area contributed by atoms with Crippen molar-refractivity contribution in [3.63, 3.8) is 0 Å². The van der Waals surface area contributed by atoms with E-state index in [0.29, 0.717) is 18.6 Å². The molecule has 2 aliphatic rings. The Morgan fingerprint density at radius 3 is 3.12 bits per heavy atom. The van der Waals surface area contributed by atoms with Crippen molar-refractivity contribution in [2.24, 2.45) is 5.92 Å². The maximum Gasteiger partial charge on any atom is 0.225 e. The Morgan fingerprint density at radius 2 is 2.53 bits per heavy atom. The predicted octanol–water partition coefficient (Wildman–Crippen LogP) is 1.21. The molecule has 0 aliphatic carbocycles. The lowest BCUT2D eigenvalue weighted by Gasteiger charge is -2.19. The smallest absolute Gasteiger partial charge is 0.225 e. The standard InChI is InChI=1S/C12H17N3OS/c1-7-11(17-6-14-7)5-13-12(16)9-4-8-2-3-10(9)15-8/h6,8-10,15H,2-5H2,1H3,(H,13,16). The predicted molar refractivity (Wildman–Crippen MR) is 66.8 cm³/mol.